The Bertz CT molecular complexity index is 872. The zero-order valence-electron chi connectivity index (χ0n) is 19.8. The lowest BCUT2D eigenvalue weighted by molar-refractivity contribution is -0.151. The summed E-state index contributed by atoms with van der Waals surface area (Å²) in [7, 11) is 3.99. The van der Waals surface area contributed by atoms with Gasteiger partial charge in [0.05, 0.1) is 5.60 Å². The number of aromatic nitrogens is 2. The molecule has 1 saturated heterocycles. The lowest BCUT2D eigenvalue weighted by Gasteiger charge is -2.58. The van der Waals surface area contributed by atoms with Crippen LogP contribution in [0.4, 0.5) is 5.82 Å². The summed E-state index contributed by atoms with van der Waals surface area (Å²) in [5.74, 6) is 3.92. The fourth-order valence-corrected chi connectivity index (χ4v) is 7.60. The predicted octanol–water partition coefficient (Wildman–Crippen LogP) is 2.87. The Kier molecular flexibility index (Phi) is 5.59. The highest BCUT2D eigenvalue weighted by atomic mass is 16.3. The van der Waals surface area contributed by atoms with E-state index in [1.165, 1.54) is 12.8 Å². The van der Waals surface area contributed by atoms with Gasteiger partial charge >= 0.3 is 0 Å². The summed E-state index contributed by atoms with van der Waals surface area (Å²) in [6.45, 7) is 4.22. The third-order valence-electron chi connectivity index (χ3n) is 8.98. The standard InChI is InChI=1S/C25H38N4O3/c1-16(30)29-6-4-17(5-7-29)15-27(2)24-11-22(26-28(24)3)23(31)10-21-19-8-18-9-20(21)14-25(32,12-18)13-19/h11,17-21,32H,4-10,12-15H2,1-3H3. The zero-order chi connectivity index (χ0) is 22.6. The molecule has 0 radical (unpaired) electrons. The van der Waals surface area contributed by atoms with E-state index in [1.807, 2.05) is 22.7 Å². The van der Waals surface area contributed by atoms with Crippen LogP contribution in [0.3, 0.4) is 0 Å². The number of Topliss-reactive ketones (excluding diaryl/α,β-unsaturated/α-hetero) is 1. The van der Waals surface area contributed by atoms with Gasteiger partial charge in [0, 0.05) is 53.1 Å². The van der Waals surface area contributed by atoms with E-state index in [0.717, 1.165) is 57.6 Å². The van der Waals surface area contributed by atoms with Crippen molar-refractivity contribution in [1.82, 2.24) is 14.7 Å². The quantitative estimate of drug-likeness (QED) is 0.686. The number of ketones is 1. The molecule has 7 nitrogen and oxygen atoms in total. The molecule has 6 rings (SSSR count). The van der Waals surface area contributed by atoms with Crippen LogP contribution >= 0.6 is 0 Å². The molecule has 176 valence electrons. The summed E-state index contributed by atoms with van der Waals surface area (Å²) in [4.78, 5) is 28.9. The zero-order valence-corrected chi connectivity index (χ0v) is 19.8. The number of piperidine rings is 1. The van der Waals surface area contributed by atoms with Crippen molar-refractivity contribution in [3.8, 4) is 0 Å². The largest absolute Gasteiger partial charge is 0.390 e. The predicted molar refractivity (Wildman–Crippen MR) is 122 cm³/mol. The second-order valence-electron chi connectivity index (χ2n) is 11.3. The molecular weight excluding hydrogens is 404 g/mol. The normalized spacial score (nSPS) is 34.2. The number of carbonyl (C=O) groups excluding carboxylic acids is 2. The first-order valence-corrected chi connectivity index (χ1v) is 12.5. The molecule has 2 heterocycles. The Morgan fingerprint density at radius 2 is 1.84 bits per heavy atom. The molecular formula is C25H38N4O3. The van der Waals surface area contributed by atoms with Crippen LogP contribution in [0.5, 0.6) is 0 Å². The third kappa shape index (κ3) is 4.09. The minimum atomic E-state index is -0.447. The SMILES string of the molecule is CC(=O)N1CCC(CN(C)c2cc(C(=O)CC3C4CC5CC3CC(O)(C5)C4)nn2C)CC1. The summed E-state index contributed by atoms with van der Waals surface area (Å²) < 4.78 is 1.83. The lowest BCUT2D eigenvalue weighted by atomic mass is 9.49. The number of carbonyl (C=O) groups is 2. The molecule has 5 fully saturated rings. The maximum absolute atomic E-state index is 13.2. The number of hydrogen-bond acceptors (Lipinski definition) is 5. The molecule has 2 unspecified atom stereocenters. The van der Waals surface area contributed by atoms with E-state index in [4.69, 9.17) is 0 Å². The average Bonchev–Trinajstić information content (AvgIpc) is 3.11. The van der Waals surface area contributed by atoms with E-state index in [2.05, 4.69) is 17.0 Å². The number of likely N-dealkylation sites (tertiary alicyclic amines) is 1. The smallest absolute Gasteiger partial charge is 0.219 e. The molecule has 1 N–H and O–H groups in total. The number of amides is 1. The second-order valence-corrected chi connectivity index (χ2v) is 11.3. The molecule has 4 saturated carbocycles. The number of hydrogen-bond donors (Lipinski definition) is 1. The first kappa shape index (κ1) is 21.9. The molecule has 1 aromatic heterocycles. The topological polar surface area (TPSA) is 78.7 Å². The highest BCUT2D eigenvalue weighted by Gasteiger charge is 2.54. The molecule has 2 atom stereocenters. The molecule has 1 aliphatic heterocycles. The number of rotatable bonds is 6. The van der Waals surface area contributed by atoms with Gasteiger partial charge in [-0.2, -0.15) is 5.10 Å². The number of aryl methyl sites for hydroxylation is 1. The van der Waals surface area contributed by atoms with Crippen molar-refractivity contribution in [2.24, 2.45) is 36.6 Å². The summed E-state index contributed by atoms with van der Waals surface area (Å²) in [5.41, 5.74) is 0.130. The van der Waals surface area contributed by atoms with Crippen molar-refractivity contribution >= 4 is 17.5 Å². The molecule has 4 bridgehead atoms. The van der Waals surface area contributed by atoms with Gasteiger partial charge in [-0.05, 0) is 74.5 Å². The van der Waals surface area contributed by atoms with E-state index in [0.29, 0.717) is 41.7 Å². The van der Waals surface area contributed by atoms with Crippen molar-refractivity contribution < 1.29 is 14.7 Å². The van der Waals surface area contributed by atoms with Gasteiger partial charge in [-0.15, -0.1) is 0 Å². The van der Waals surface area contributed by atoms with Crippen LogP contribution in [-0.4, -0.2) is 63.8 Å². The summed E-state index contributed by atoms with van der Waals surface area (Å²) in [6, 6.07) is 1.96. The van der Waals surface area contributed by atoms with Crippen LogP contribution in [0.15, 0.2) is 6.07 Å². The highest BCUT2D eigenvalue weighted by molar-refractivity contribution is 5.95. The minimum absolute atomic E-state index is 0.152. The second kappa shape index (κ2) is 8.15. The van der Waals surface area contributed by atoms with Gasteiger partial charge in [0.1, 0.15) is 11.5 Å². The van der Waals surface area contributed by atoms with Crippen LogP contribution < -0.4 is 4.90 Å². The van der Waals surface area contributed by atoms with Crippen molar-refractivity contribution in [2.45, 2.75) is 63.9 Å². The Morgan fingerprint density at radius 3 is 2.44 bits per heavy atom. The fraction of sp³-hybridized carbons (Fsp3) is 0.800. The Labute approximate surface area is 191 Å². The van der Waals surface area contributed by atoms with Crippen LogP contribution in [0.2, 0.25) is 0 Å². The third-order valence-corrected chi connectivity index (χ3v) is 8.98. The van der Waals surface area contributed by atoms with Gasteiger partial charge in [-0.3, -0.25) is 14.3 Å². The number of nitrogens with zero attached hydrogens (tertiary/aromatic N) is 4. The minimum Gasteiger partial charge on any atom is -0.390 e. The highest BCUT2D eigenvalue weighted by Crippen LogP contribution is 2.59. The lowest BCUT2D eigenvalue weighted by Crippen LogP contribution is -2.54. The fourth-order valence-electron chi connectivity index (χ4n) is 7.60. The molecule has 7 heteroatoms. The van der Waals surface area contributed by atoms with E-state index in [9.17, 15) is 14.7 Å². The molecule has 1 amide bonds. The van der Waals surface area contributed by atoms with Gasteiger partial charge in [0.15, 0.2) is 5.78 Å². The van der Waals surface area contributed by atoms with Crippen LogP contribution in [0.1, 0.15) is 68.8 Å². The first-order chi connectivity index (χ1) is 15.2. The molecule has 5 aliphatic rings. The van der Waals surface area contributed by atoms with Gasteiger partial charge < -0.3 is 14.9 Å². The van der Waals surface area contributed by atoms with Gasteiger partial charge in [-0.25, -0.2) is 0 Å². The van der Waals surface area contributed by atoms with Crippen molar-refractivity contribution in [2.75, 3.05) is 31.6 Å². The molecule has 1 aromatic rings. The maximum atomic E-state index is 13.2. The van der Waals surface area contributed by atoms with Crippen LogP contribution in [0, 0.1) is 29.6 Å². The Morgan fingerprint density at radius 1 is 1.19 bits per heavy atom. The summed E-state index contributed by atoms with van der Waals surface area (Å²) >= 11 is 0. The Hall–Kier alpha value is -1.89. The van der Waals surface area contributed by atoms with Crippen molar-refractivity contribution in [3.05, 3.63) is 11.8 Å². The van der Waals surface area contributed by atoms with E-state index < -0.39 is 5.60 Å². The number of anilines is 1. The molecule has 0 spiro atoms. The van der Waals surface area contributed by atoms with Crippen LogP contribution in [-0.2, 0) is 11.8 Å². The van der Waals surface area contributed by atoms with E-state index in [-0.39, 0.29) is 11.7 Å². The van der Waals surface area contributed by atoms with Gasteiger partial charge in [0.2, 0.25) is 5.91 Å². The van der Waals surface area contributed by atoms with E-state index in [1.54, 1.807) is 6.92 Å². The van der Waals surface area contributed by atoms with Crippen molar-refractivity contribution in [1.29, 1.82) is 0 Å². The first-order valence-electron chi connectivity index (χ1n) is 12.5. The van der Waals surface area contributed by atoms with E-state index >= 15 is 0 Å². The average molecular weight is 443 g/mol. The number of aliphatic hydroxyl groups is 1. The maximum Gasteiger partial charge on any atom is 0.219 e. The summed E-state index contributed by atoms with van der Waals surface area (Å²) in [6.07, 6.45) is 7.74. The van der Waals surface area contributed by atoms with Crippen molar-refractivity contribution in [3.63, 3.8) is 0 Å². The molecule has 32 heavy (non-hydrogen) atoms. The van der Waals surface area contributed by atoms with Gasteiger partial charge in [-0.1, -0.05) is 0 Å². The molecule has 4 aliphatic carbocycles. The molecule has 0 aromatic carbocycles. The monoisotopic (exact) mass is 442 g/mol. The van der Waals surface area contributed by atoms with Gasteiger partial charge in [0.25, 0.3) is 0 Å². The van der Waals surface area contributed by atoms with Crippen LogP contribution in [0.25, 0.3) is 0 Å². The summed E-state index contributed by atoms with van der Waals surface area (Å²) in [5, 5.41) is 15.4. The Balaban J connectivity index is 1.20.